The van der Waals surface area contributed by atoms with Gasteiger partial charge >= 0.3 is 0 Å². The molecule has 0 unspecified atom stereocenters. The molecule has 0 bridgehead atoms. The van der Waals surface area contributed by atoms with Crippen molar-refractivity contribution in [2.45, 2.75) is 148 Å². The first-order valence-electron chi connectivity index (χ1n) is 24.0. The summed E-state index contributed by atoms with van der Waals surface area (Å²) in [5, 5.41) is 0. The van der Waals surface area contributed by atoms with Gasteiger partial charge in [0.05, 0.1) is 5.69 Å². The Labute approximate surface area is 373 Å². The van der Waals surface area contributed by atoms with E-state index in [0.717, 1.165) is 0 Å². The van der Waals surface area contributed by atoms with Crippen molar-refractivity contribution >= 4 is 57.2 Å². The van der Waals surface area contributed by atoms with Gasteiger partial charge in [-0.2, -0.15) is 0 Å². The molecule has 2 nitrogen and oxygen atoms in total. The smallest absolute Gasteiger partial charge is 0.252 e. The van der Waals surface area contributed by atoms with E-state index in [1.807, 2.05) is 0 Å². The molecule has 0 atom stereocenters. The Bertz CT molecular complexity index is 2650. The summed E-state index contributed by atoms with van der Waals surface area (Å²) in [5.74, 6) is 0. The Morgan fingerprint density at radius 1 is 0.468 bits per heavy atom. The van der Waals surface area contributed by atoms with Gasteiger partial charge in [-0.05, 0) is 153 Å². The van der Waals surface area contributed by atoms with Crippen LogP contribution in [0.5, 0.6) is 0 Å². The lowest BCUT2D eigenvalue weighted by atomic mass is 9.33. The molecule has 0 radical (unpaired) electrons. The molecule has 2 aliphatic heterocycles. The first kappa shape index (κ1) is 41.0. The van der Waals surface area contributed by atoms with Crippen LogP contribution in [0.4, 0.5) is 34.1 Å². The van der Waals surface area contributed by atoms with Crippen LogP contribution < -0.4 is 26.2 Å². The molecular formula is C59H67BN2. The third-order valence-electron chi connectivity index (χ3n) is 15.7. The van der Waals surface area contributed by atoms with Crippen LogP contribution in [0.3, 0.4) is 0 Å². The highest BCUT2D eigenvalue weighted by atomic mass is 15.2. The lowest BCUT2D eigenvalue weighted by molar-refractivity contribution is 0.319. The van der Waals surface area contributed by atoms with Crippen LogP contribution in [0.15, 0.2) is 121 Å². The molecule has 316 valence electrons. The summed E-state index contributed by atoms with van der Waals surface area (Å²) < 4.78 is 0. The number of aryl methyl sites for hydroxylation is 1. The first-order chi connectivity index (χ1) is 29.6. The molecule has 0 saturated heterocycles. The molecule has 0 spiro atoms. The molecule has 2 fully saturated rings. The maximum Gasteiger partial charge on any atom is 0.252 e. The number of fused-ring (bicyclic) bond motifs is 4. The van der Waals surface area contributed by atoms with Gasteiger partial charge in [0, 0.05) is 34.0 Å². The number of nitrogens with zero attached hydrogens (tertiary/aromatic N) is 2. The van der Waals surface area contributed by atoms with Gasteiger partial charge in [-0.1, -0.05) is 167 Å². The second kappa shape index (κ2) is 15.1. The molecule has 0 N–H and O–H groups in total. The van der Waals surface area contributed by atoms with Gasteiger partial charge in [0.2, 0.25) is 0 Å². The Morgan fingerprint density at radius 2 is 0.968 bits per heavy atom. The predicted octanol–water partition coefficient (Wildman–Crippen LogP) is 14.8. The standard InChI is InChI=1S/C59H67BN2/c1-40-35-53-55-54(36-40)62(50-28-23-43(56(2,3)4)37-47(50)41-19-13-10-14-20-41)52-29-24-44(57(5,6)7)38-48(52)60(55)49-39-45(59(9)33-17-12-18-34-59)25-30-51(49)61(53)46-26-21-42(22-27-46)58(8)31-15-11-16-32-58/h10,13-14,19-30,35-39H,11-12,15-18,31-34H2,1-9H3. The number of rotatable bonds is 5. The van der Waals surface area contributed by atoms with E-state index in [4.69, 9.17) is 0 Å². The monoisotopic (exact) mass is 815 g/mol. The topological polar surface area (TPSA) is 6.48 Å². The summed E-state index contributed by atoms with van der Waals surface area (Å²) in [5.41, 5.74) is 21.9. The molecule has 62 heavy (non-hydrogen) atoms. The molecule has 6 aromatic carbocycles. The van der Waals surface area contributed by atoms with Crippen LogP contribution in [0.25, 0.3) is 11.1 Å². The largest absolute Gasteiger partial charge is 0.311 e. The SMILES string of the molecule is Cc1cc2c3c(c1)N(c1ccc(C(C)(C)C)cc1-c1ccccc1)c1ccc(C(C)(C)C)cc1B3c1cc(C3(C)CCCCC3)ccc1N2c1ccc(C2(C)CCCCC2)cc1. The van der Waals surface area contributed by atoms with Crippen molar-refractivity contribution in [3.05, 3.63) is 149 Å². The van der Waals surface area contributed by atoms with Crippen molar-refractivity contribution < 1.29 is 0 Å². The number of hydrogen-bond donors (Lipinski definition) is 0. The van der Waals surface area contributed by atoms with E-state index in [0.29, 0.717) is 0 Å². The fourth-order valence-electron chi connectivity index (χ4n) is 11.8. The van der Waals surface area contributed by atoms with E-state index in [-0.39, 0.29) is 28.4 Å². The maximum absolute atomic E-state index is 2.67. The third-order valence-corrected chi connectivity index (χ3v) is 15.7. The van der Waals surface area contributed by atoms with Gasteiger partial charge in [-0.25, -0.2) is 0 Å². The van der Waals surface area contributed by atoms with Gasteiger partial charge in [-0.3, -0.25) is 0 Å². The third kappa shape index (κ3) is 6.94. The summed E-state index contributed by atoms with van der Waals surface area (Å²) in [6, 6.07) is 48.2. The number of anilines is 6. The predicted molar refractivity (Wildman–Crippen MR) is 269 cm³/mol. The highest BCUT2D eigenvalue weighted by molar-refractivity contribution is 7.00. The average molecular weight is 815 g/mol. The normalized spacial score (nSPS) is 17.9. The highest BCUT2D eigenvalue weighted by Crippen LogP contribution is 2.49. The molecule has 4 aliphatic rings. The zero-order valence-electron chi connectivity index (χ0n) is 39.1. The first-order valence-corrected chi connectivity index (χ1v) is 24.0. The Balaban J connectivity index is 1.26. The molecule has 2 heterocycles. The van der Waals surface area contributed by atoms with Crippen LogP contribution in [0, 0.1) is 6.92 Å². The molecule has 3 heteroatoms. The van der Waals surface area contributed by atoms with E-state index in [1.54, 1.807) is 0 Å². The van der Waals surface area contributed by atoms with Crippen molar-refractivity contribution in [1.82, 2.24) is 0 Å². The summed E-state index contributed by atoms with van der Waals surface area (Å²) in [7, 11) is 0. The van der Waals surface area contributed by atoms with Gasteiger partial charge in [0.15, 0.2) is 0 Å². The number of benzene rings is 6. The van der Waals surface area contributed by atoms with Crippen molar-refractivity contribution in [1.29, 1.82) is 0 Å². The van der Waals surface area contributed by atoms with Gasteiger partial charge in [-0.15, -0.1) is 0 Å². The van der Waals surface area contributed by atoms with E-state index >= 15 is 0 Å². The summed E-state index contributed by atoms with van der Waals surface area (Å²) in [4.78, 5) is 5.27. The molecule has 6 aromatic rings. The molecular weight excluding hydrogens is 747 g/mol. The summed E-state index contributed by atoms with van der Waals surface area (Å²) in [6.45, 7) is 21.5. The maximum atomic E-state index is 2.67. The lowest BCUT2D eigenvalue weighted by Crippen LogP contribution is -2.61. The summed E-state index contributed by atoms with van der Waals surface area (Å²) >= 11 is 0. The van der Waals surface area contributed by atoms with Crippen LogP contribution in [0.1, 0.15) is 147 Å². The Kier molecular flexibility index (Phi) is 9.97. The second-order valence-electron chi connectivity index (χ2n) is 22.3. The molecule has 2 aliphatic carbocycles. The van der Waals surface area contributed by atoms with Crippen LogP contribution in [-0.4, -0.2) is 6.71 Å². The van der Waals surface area contributed by atoms with Crippen molar-refractivity contribution in [3.8, 4) is 11.1 Å². The minimum atomic E-state index is -0.00251. The minimum Gasteiger partial charge on any atom is -0.311 e. The lowest BCUT2D eigenvalue weighted by Gasteiger charge is -2.46. The average Bonchev–Trinajstić information content (AvgIpc) is 3.26. The quantitative estimate of drug-likeness (QED) is 0.160. The van der Waals surface area contributed by atoms with Gasteiger partial charge in [0.1, 0.15) is 0 Å². The zero-order valence-corrected chi connectivity index (χ0v) is 39.1. The molecule has 0 aromatic heterocycles. The number of hydrogen-bond acceptors (Lipinski definition) is 2. The van der Waals surface area contributed by atoms with Crippen molar-refractivity contribution in [2.75, 3.05) is 9.80 Å². The van der Waals surface area contributed by atoms with Crippen LogP contribution in [-0.2, 0) is 21.7 Å². The second-order valence-corrected chi connectivity index (χ2v) is 22.3. The molecule has 10 rings (SSSR count). The van der Waals surface area contributed by atoms with E-state index in [9.17, 15) is 0 Å². The van der Waals surface area contributed by atoms with Crippen LogP contribution >= 0.6 is 0 Å². The van der Waals surface area contributed by atoms with Crippen molar-refractivity contribution in [2.24, 2.45) is 0 Å². The van der Waals surface area contributed by atoms with Crippen LogP contribution in [0.2, 0.25) is 0 Å². The van der Waals surface area contributed by atoms with Gasteiger partial charge < -0.3 is 9.80 Å². The Morgan fingerprint density at radius 3 is 1.58 bits per heavy atom. The van der Waals surface area contributed by atoms with Crippen molar-refractivity contribution in [3.63, 3.8) is 0 Å². The highest BCUT2D eigenvalue weighted by Gasteiger charge is 2.45. The van der Waals surface area contributed by atoms with E-state index < -0.39 is 0 Å². The van der Waals surface area contributed by atoms with Gasteiger partial charge in [0.25, 0.3) is 6.71 Å². The van der Waals surface area contributed by atoms with E-state index in [1.165, 1.54) is 154 Å². The van der Waals surface area contributed by atoms with E-state index in [2.05, 4.69) is 193 Å². The fraction of sp³-hybridized carbons (Fsp3) is 0.390. The molecule has 2 saturated carbocycles. The fourth-order valence-corrected chi connectivity index (χ4v) is 11.8. The zero-order chi connectivity index (χ0) is 43.2. The Hall–Kier alpha value is -5.02. The molecule has 0 amide bonds. The summed E-state index contributed by atoms with van der Waals surface area (Å²) in [6.07, 6.45) is 13.1. The minimum absolute atomic E-state index is 0.00251.